The molecule has 0 saturated carbocycles. The molecule has 1 aliphatic heterocycles. The molecule has 1 heterocycles. The number of hydrogen-bond donors (Lipinski definition) is 5. The Hall–Kier alpha value is -8.59. The summed E-state index contributed by atoms with van der Waals surface area (Å²) in [5.41, 5.74) is -1.46. The molecule has 21 nitrogen and oxygen atoms in total. The Morgan fingerprint density at radius 3 is 1.00 bits per heavy atom. The van der Waals surface area contributed by atoms with E-state index in [4.69, 9.17) is 52.1 Å². The summed E-state index contributed by atoms with van der Waals surface area (Å²) in [5.74, 6) is -8.51. The predicted octanol–water partition coefficient (Wildman–Crippen LogP) is 4.67. The summed E-state index contributed by atoms with van der Waals surface area (Å²) >= 11 is 0. The molecular formula is C46H42O21. The van der Waals surface area contributed by atoms with Crippen LogP contribution in [0.4, 0.5) is 0 Å². The third-order valence-electron chi connectivity index (χ3n) is 10.00. The number of ether oxygens (including phenoxy) is 11. The molecule has 0 spiro atoms. The smallest absolute Gasteiger partial charge is 0.340 e. The third kappa shape index (κ3) is 10.9. The number of carbonyl (C=O) groups is 5. The number of esters is 5. The lowest BCUT2D eigenvalue weighted by atomic mass is 9.97. The Kier molecular flexibility index (Phi) is 15.0. The van der Waals surface area contributed by atoms with E-state index in [-0.39, 0.29) is 56.6 Å². The van der Waals surface area contributed by atoms with Gasteiger partial charge in [0.25, 0.3) is 0 Å². The van der Waals surface area contributed by atoms with Crippen molar-refractivity contribution in [1.82, 2.24) is 0 Å². The second-order valence-electron chi connectivity index (χ2n) is 14.1. The second-order valence-corrected chi connectivity index (χ2v) is 14.1. The van der Waals surface area contributed by atoms with Crippen molar-refractivity contribution in [2.75, 3.05) is 42.2 Å². The summed E-state index contributed by atoms with van der Waals surface area (Å²) in [6.45, 7) is -0.904. The van der Waals surface area contributed by atoms with E-state index < -0.39 is 95.9 Å². The maximum absolute atomic E-state index is 14.1. The van der Waals surface area contributed by atoms with Crippen LogP contribution in [0, 0.1) is 0 Å². The van der Waals surface area contributed by atoms with Gasteiger partial charge in [-0.15, -0.1) is 0 Å². The van der Waals surface area contributed by atoms with E-state index >= 15 is 0 Å². The summed E-state index contributed by atoms with van der Waals surface area (Å²) in [7, 11) is 6.34. The van der Waals surface area contributed by atoms with Gasteiger partial charge in [-0.3, -0.25) is 0 Å². The van der Waals surface area contributed by atoms with Crippen molar-refractivity contribution in [3.63, 3.8) is 0 Å². The number of benzene rings is 5. The number of phenols is 5. The van der Waals surface area contributed by atoms with Crippen molar-refractivity contribution in [3.8, 4) is 57.5 Å². The van der Waals surface area contributed by atoms with E-state index in [0.29, 0.717) is 0 Å². The fourth-order valence-electron chi connectivity index (χ4n) is 6.58. The first-order chi connectivity index (χ1) is 32.1. The van der Waals surface area contributed by atoms with Gasteiger partial charge in [0.1, 0.15) is 12.7 Å². The summed E-state index contributed by atoms with van der Waals surface area (Å²) in [6, 6.07) is 17.2. The number of aromatic hydroxyl groups is 5. The van der Waals surface area contributed by atoms with Crippen LogP contribution in [0.5, 0.6) is 57.5 Å². The largest absolute Gasteiger partial charge is 0.504 e. The Bertz CT molecular complexity index is 2660. The molecule has 0 bridgehead atoms. The van der Waals surface area contributed by atoms with Gasteiger partial charge in [0.2, 0.25) is 12.4 Å². The predicted molar refractivity (Wildman–Crippen MR) is 225 cm³/mol. The van der Waals surface area contributed by atoms with Crippen LogP contribution in [0.3, 0.4) is 0 Å². The highest BCUT2D eigenvalue weighted by atomic mass is 16.7. The van der Waals surface area contributed by atoms with E-state index in [1.165, 1.54) is 96.2 Å². The minimum atomic E-state index is -2.16. The Morgan fingerprint density at radius 2 is 0.687 bits per heavy atom. The molecule has 5 N–H and O–H groups in total. The molecule has 0 radical (unpaired) electrons. The van der Waals surface area contributed by atoms with Crippen LogP contribution in [0.15, 0.2) is 91.0 Å². The van der Waals surface area contributed by atoms with E-state index in [9.17, 15) is 49.5 Å². The van der Waals surface area contributed by atoms with Crippen molar-refractivity contribution in [3.05, 3.63) is 119 Å². The van der Waals surface area contributed by atoms with E-state index in [0.717, 1.165) is 30.3 Å². The van der Waals surface area contributed by atoms with Gasteiger partial charge in [-0.05, 0) is 91.0 Å². The molecule has 352 valence electrons. The highest BCUT2D eigenvalue weighted by Crippen LogP contribution is 2.36. The Balaban J connectivity index is 1.49. The molecule has 21 heteroatoms. The standard InChI is InChI=1S/C46H42O21/c1-57-32-11-6-22(16-27(32)47)41(52)62-21-37-38(64-42(53)23-7-12-33(58-2)28(48)17-23)39(65-43(54)24-8-13-34(59-3)29(49)18-24)40(66-44(55)25-9-14-35(60-4)30(50)19-25)46(63-37)67-45(56)26-10-15-36(61-5)31(51)20-26/h6-20,37-40,46-51H,21H2,1-5H3/t37-,38-,39+,40-,46+/m1/s1. The van der Waals surface area contributed by atoms with E-state index in [1.54, 1.807) is 0 Å². The molecule has 67 heavy (non-hydrogen) atoms. The SMILES string of the molecule is COc1ccc(C(=O)OC[C@H]2O[C@@H](OC(=O)c3ccc(OC)c(O)c3)[C@H](OC(=O)c3ccc(OC)c(O)c3)[C@@H](OC(=O)c3ccc(OC)c(O)c3)[C@@H]2OC(=O)c2ccc(OC)c(O)c2)cc1O. The normalized spacial score (nSPS) is 17.5. The van der Waals surface area contributed by atoms with Crippen molar-refractivity contribution in [2.45, 2.75) is 30.7 Å². The number of phenolic OH excluding ortho intramolecular Hbond substituents is 5. The first-order valence-electron chi connectivity index (χ1n) is 19.6. The van der Waals surface area contributed by atoms with Crippen LogP contribution >= 0.6 is 0 Å². The Labute approximate surface area is 380 Å². The van der Waals surface area contributed by atoms with Crippen LogP contribution < -0.4 is 23.7 Å². The third-order valence-corrected chi connectivity index (χ3v) is 10.00. The maximum atomic E-state index is 14.1. The number of carbonyl (C=O) groups excluding carboxylic acids is 5. The zero-order valence-corrected chi connectivity index (χ0v) is 36.0. The lowest BCUT2D eigenvalue weighted by Gasteiger charge is -2.43. The molecule has 0 amide bonds. The fraction of sp³-hybridized carbons (Fsp3) is 0.239. The van der Waals surface area contributed by atoms with Gasteiger partial charge in [-0.25, -0.2) is 24.0 Å². The van der Waals surface area contributed by atoms with Crippen LogP contribution in [-0.4, -0.2) is 128 Å². The second kappa shape index (κ2) is 20.9. The number of methoxy groups -OCH3 is 5. The molecule has 0 aliphatic carbocycles. The minimum Gasteiger partial charge on any atom is -0.504 e. The average Bonchev–Trinajstić information content (AvgIpc) is 3.32. The summed E-state index contributed by atoms with van der Waals surface area (Å²) in [5, 5.41) is 52.5. The molecule has 0 aromatic heterocycles. The van der Waals surface area contributed by atoms with Gasteiger partial charge in [0.15, 0.2) is 69.7 Å². The first kappa shape index (κ1) is 47.9. The molecule has 0 unspecified atom stereocenters. The van der Waals surface area contributed by atoms with Crippen LogP contribution in [0.1, 0.15) is 51.8 Å². The zero-order valence-electron chi connectivity index (χ0n) is 36.0. The van der Waals surface area contributed by atoms with Crippen LogP contribution in [0.25, 0.3) is 0 Å². The molecule has 5 aromatic carbocycles. The van der Waals surface area contributed by atoms with Gasteiger partial charge < -0.3 is 77.6 Å². The number of hydrogen-bond acceptors (Lipinski definition) is 21. The van der Waals surface area contributed by atoms with Crippen LogP contribution in [0.2, 0.25) is 0 Å². The molecule has 1 aliphatic rings. The van der Waals surface area contributed by atoms with Crippen molar-refractivity contribution in [2.24, 2.45) is 0 Å². The van der Waals surface area contributed by atoms with Gasteiger partial charge in [0.05, 0.1) is 63.4 Å². The minimum absolute atomic E-state index is 0.0153. The lowest BCUT2D eigenvalue weighted by molar-refractivity contribution is -0.282. The molecule has 1 fully saturated rings. The van der Waals surface area contributed by atoms with E-state index in [2.05, 4.69) is 0 Å². The summed E-state index contributed by atoms with van der Waals surface area (Å²) in [6.07, 6.45) is -10.2. The van der Waals surface area contributed by atoms with Gasteiger partial charge in [-0.1, -0.05) is 0 Å². The zero-order chi connectivity index (χ0) is 48.5. The van der Waals surface area contributed by atoms with Crippen molar-refractivity contribution < 1.29 is 102 Å². The molecular weight excluding hydrogens is 888 g/mol. The van der Waals surface area contributed by atoms with Gasteiger partial charge >= 0.3 is 29.8 Å². The molecule has 5 aromatic rings. The Morgan fingerprint density at radius 1 is 0.403 bits per heavy atom. The average molecular weight is 931 g/mol. The quantitative estimate of drug-likeness (QED) is 0.0663. The highest BCUT2D eigenvalue weighted by molar-refractivity contribution is 5.93. The maximum Gasteiger partial charge on any atom is 0.340 e. The molecule has 1 saturated heterocycles. The fourth-order valence-corrected chi connectivity index (χ4v) is 6.58. The highest BCUT2D eigenvalue weighted by Gasteiger charge is 2.55. The van der Waals surface area contributed by atoms with Gasteiger partial charge in [0, 0.05) is 0 Å². The molecule has 5 atom stereocenters. The number of rotatable bonds is 16. The van der Waals surface area contributed by atoms with Gasteiger partial charge in [-0.2, -0.15) is 0 Å². The topological polar surface area (TPSA) is 288 Å². The molecule has 6 rings (SSSR count). The van der Waals surface area contributed by atoms with Crippen molar-refractivity contribution in [1.29, 1.82) is 0 Å². The lowest BCUT2D eigenvalue weighted by Crippen LogP contribution is -2.63. The van der Waals surface area contributed by atoms with Crippen LogP contribution in [-0.2, 0) is 28.4 Å². The van der Waals surface area contributed by atoms with E-state index in [1.807, 2.05) is 0 Å². The van der Waals surface area contributed by atoms with Crippen molar-refractivity contribution >= 4 is 29.8 Å². The first-order valence-corrected chi connectivity index (χ1v) is 19.6. The monoisotopic (exact) mass is 930 g/mol. The summed E-state index contributed by atoms with van der Waals surface area (Å²) < 4.78 is 60.5. The summed E-state index contributed by atoms with van der Waals surface area (Å²) in [4.78, 5) is 69.5.